The van der Waals surface area contributed by atoms with E-state index < -0.39 is 48.2 Å². The van der Waals surface area contributed by atoms with E-state index in [1.165, 1.54) is 26.8 Å². The number of aromatic nitrogens is 2. The summed E-state index contributed by atoms with van der Waals surface area (Å²) in [6.45, 7) is 5.79. The van der Waals surface area contributed by atoms with Gasteiger partial charge in [0.2, 0.25) is 5.91 Å². The highest BCUT2D eigenvalue weighted by atomic mass is 16.6. The maximum absolute atomic E-state index is 14.1. The summed E-state index contributed by atoms with van der Waals surface area (Å²) in [5.74, 6) is -0.328. The van der Waals surface area contributed by atoms with Crippen LogP contribution in [0.4, 0.5) is 9.59 Å². The molecule has 1 aliphatic heterocycles. The number of aliphatic hydroxyl groups is 1. The number of aromatic amines is 1. The average molecular weight is 712 g/mol. The molecule has 0 unspecified atom stereocenters. The number of rotatable bonds is 15. The summed E-state index contributed by atoms with van der Waals surface area (Å²) in [4.78, 5) is 63.4. The Hall–Kier alpha value is -4.17. The molecule has 14 heteroatoms. The zero-order valence-corrected chi connectivity index (χ0v) is 30.6. The van der Waals surface area contributed by atoms with Crippen LogP contribution in [0.1, 0.15) is 76.5 Å². The van der Waals surface area contributed by atoms with Crippen molar-refractivity contribution in [1.82, 2.24) is 35.5 Å². The number of aliphatic hydroxyl groups excluding tert-OH is 1. The number of amides is 5. The summed E-state index contributed by atoms with van der Waals surface area (Å²) in [5.41, 5.74) is 1.29. The third-order valence-corrected chi connectivity index (χ3v) is 9.82. The van der Waals surface area contributed by atoms with E-state index in [0.717, 1.165) is 47.7 Å². The number of hydrogen-bond donors (Lipinski definition) is 4. The Labute approximate surface area is 301 Å². The molecule has 2 heterocycles. The Morgan fingerprint density at radius 1 is 0.980 bits per heavy atom. The lowest BCUT2D eigenvalue weighted by molar-refractivity contribution is -0.135. The van der Waals surface area contributed by atoms with Gasteiger partial charge in [0, 0.05) is 46.2 Å². The Morgan fingerprint density at radius 2 is 1.69 bits per heavy atom. The van der Waals surface area contributed by atoms with Crippen LogP contribution in [0.2, 0.25) is 0 Å². The number of carbonyl (C=O) groups excluding carboxylic acids is 4. The van der Waals surface area contributed by atoms with Crippen LogP contribution in [0.3, 0.4) is 0 Å². The summed E-state index contributed by atoms with van der Waals surface area (Å²) < 4.78 is 11.1. The Morgan fingerprint density at radius 3 is 2.33 bits per heavy atom. The lowest BCUT2D eigenvalue weighted by Gasteiger charge is -2.35. The van der Waals surface area contributed by atoms with Gasteiger partial charge >= 0.3 is 12.1 Å². The topological polar surface area (TPSA) is 169 Å². The molecule has 0 bridgehead atoms. The zero-order chi connectivity index (χ0) is 36.8. The van der Waals surface area contributed by atoms with Crippen LogP contribution in [0.15, 0.2) is 42.9 Å². The van der Waals surface area contributed by atoms with E-state index in [2.05, 4.69) is 34.4 Å². The highest BCUT2D eigenvalue weighted by molar-refractivity contribution is 5.91. The van der Waals surface area contributed by atoms with Crippen LogP contribution in [0.25, 0.3) is 0 Å². The largest absolute Gasteiger partial charge is 0.434 e. The van der Waals surface area contributed by atoms with E-state index in [-0.39, 0.29) is 12.8 Å². The van der Waals surface area contributed by atoms with Crippen molar-refractivity contribution < 1.29 is 33.8 Å². The van der Waals surface area contributed by atoms with Crippen molar-refractivity contribution in [3.63, 3.8) is 0 Å². The van der Waals surface area contributed by atoms with Crippen LogP contribution < -0.4 is 10.6 Å². The second kappa shape index (κ2) is 20.0. The third-order valence-electron chi connectivity index (χ3n) is 9.82. The van der Waals surface area contributed by atoms with E-state index in [1.807, 2.05) is 30.3 Å². The summed E-state index contributed by atoms with van der Waals surface area (Å²) in [7, 11) is 2.85. The maximum atomic E-state index is 14.1. The van der Waals surface area contributed by atoms with Crippen LogP contribution in [0.5, 0.6) is 0 Å². The molecule has 0 spiro atoms. The minimum absolute atomic E-state index is 0.0301. The van der Waals surface area contributed by atoms with Gasteiger partial charge in [-0.3, -0.25) is 9.59 Å². The fourth-order valence-electron chi connectivity index (χ4n) is 6.59. The van der Waals surface area contributed by atoms with Gasteiger partial charge in [0.05, 0.1) is 37.4 Å². The third kappa shape index (κ3) is 12.5. The van der Waals surface area contributed by atoms with E-state index in [9.17, 15) is 24.3 Å². The van der Waals surface area contributed by atoms with Crippen molar-refractivity contribution >= 4 is 23.9 Å². The number of nitrogens with zero attached hydrogens (tertiary/aromatic N) is 4. The van der Waals surface area contributed by atoms with Gasteiger partial charge in [-0.2, -0.15) is 0 Å². The van der Waals surface area contributed by atoms with Crippen LogP contribution in [-0.2, 0) is 31.9 Å². The van der Waals surface area contributed by atoms with Crippen LogP contribution >= 0.6 is 0 Å². The molecule has 4 N–H and O–H groups in total. The molecule has 1 saturated heterocycles. The van der Waals surface area contributed by atoms with Gasteiger partial charge in [0.25, 0.3) is 5.91 Å². The minimum atomic E-state index is -1.33. The number of imidazole rings is 1. The van der Waals surface area contributed by atoms with E-state index >= 15 is 0 Å². The molecular formula is C37H57N7O7. The van der Waals surface area contributed by atoms with Crippen molar-refractivity contribution in [1.29, 1.82) is 0 Å². The maximum Gasteiger partial charge on any atom is 0.429 e. The van der Waals surface area contributed by atoms with Gasteiger partial charge in [-0.25, -0.2) is 24.6 Å². The Balaban J connectivity index is 1.52. The van der Waals surface area contributed by atoms with Crippen molar-refractivity contribution in [2.24, 2.45) is 11.8 Å². The predicted molar refractivity (Wildman–Crippen MR) is 191 cm³/mol. The van der Waals surface area contributed by atoms with Gasteiger partial charge in [-0.05, 0) is 36.7 Å². The van der Waals surface area contributed by atoms with E-state index in [1.54, 1.807) is 11.1 Å². The van der Waals surface area contributed by atoms with Crippen molar-refractivity contribution in [2.45, 2.75) is 102 Å². The molecule has 4 atom stereocenters. The molecule has 0 radical (unpaired) electrons. The number of urea groups is 1. The molecule has 2 fully saturated rings. The molecule has 2 aromatic rings. The number of nitrogens with one attached hydrogen (secondary N) is 3. The number of carbonyl (C=O) groups is 4. The number of hydrogen-bond acceptors (Lipinski definition) is 8. The first kappa shape index (κ1) is 39.6. The fraction of sp³-hybridized carbons (Fsp3) is 0.649. The van der Waals surface area contributed by atoms with Gasteiger partial charge in [0.15, 0.2) is 6.10 Å². The quantitative estimate of drug-likeness (QED) is 0.203. The molecular weight excluding hydrogens is 654 g/mol. The summed E-state index contributed by atoms with van der Waals surface area (Å²) >= 11 is 0. The Bertz CT molecular complexity index is 1360. The first-order chi connectivity index (χ1) is 24.5. The second-order valence-electron chi connectivity index (χ2n) is 14.2. The smallest absolute Gasteiger partial charge is 0.429 e. The number of H-pyrrole nitrogens is 1. The zero-order valence-electron chi connectivity index (χ0n) is 30.6. The average Bonchev–Trinajstić information content (AvgIpc) is 3.66. The fourth-order valence-corrected chi connectivity index (χ4v) is 6.59. The normalized spacial score (nSPS) is 17.6. The lowest BCUT2D eigenvalue weighted by Crippen LogP contribution is -2.56. The summed E-state index contributed by atoms with van der Waals surface area (Å²) in [6.07, 6.45) is 7.90. The second-order valence-corrected chi connectivity index (χ2v) is 14.2. The molecule has 282 valence electrons. The summed E-state index contributed by atoms with van der Waals surface area (Å²) in [5, 5.41) is 19.4. The molecule has 1 aromatic heterocycles. The molecule has 5 amide bonds. The number of benzene rings is 1. The molecule has 14 nitrogen and oxygen atoms in total. The molecule has 51 heavy (non-hydrogen) atoms. The predicted octanol–water partition coefficient (Wildman–Crippen LogP) is 3.67. The first-order valence-electron chi connectivity index (χ1n) is 18.4. The highest BCUT2D eigenvalue weighted by Crippen LogP contribution is 2.29. The van der Waals surface area contributed by atoms with Crippen molar-refractivity contribution in [2.75, 3.05) is 40.4 Å². The lowest BCUT2D eigenvalue weighted by atomic mass is 9.83. The monoisotopic (exact) mass is 711 g/mol. The van der Waals surface area contributed by atoms with Gasteiger partial charge < -0.3 is 35.1 Å². The number of morpholine rings is 1. The number of hydrazine groups is 1. The van der Waals surface area contributed by atoms with Gasteiger partial charge in [-0.15, -0.1) is 0 Å². The van der Waals surface area contributed by atoms with Crippen LogP contribution in [0, 0.1) is 11.8 Å². The molecule has 2 aliphatic rings. The molecule has 1 aromatic carbocycles. The first-order valence-corrected chi connectivity index (χ1v) is 18.4. The van der Waals surface area contributed by atoms with Gasteiger partial charge in [-0.1, -0.05) is 76.3 Å². The Kier molecular flexibility index (Phi) is 15.5. The van der Waals surface area contributed by atoms with Crippen molar-refractivity contribution in [3.05, 3.63) is 54.1 Å². The van der Waals surface area contributed by atoms with Gasteiger partial charge in [0.1, 0.15) is 6.04 Å². The van der Waals surface area contributed by atoms with E-state index in [4.69, 9.17) is 9.47 Å². The van der Waals surface area contributed by atoms with Crippen molar-refractivity contribution in [3.8, 4) is 0 Å². The highest BCUT2D eigenvalue weighted by Gasteiger charge is 2.34. The molecule has 1 saturated carbocycles. The minimum Gasteiger partial charge on any atom is -0.434 e. The molecule has 4 rings (SSSR count). The molecule has 1 aliphatic carbocycles. The van der Waals surface area contributed by atoms with E-state index in [0.29, 0.717) is 56.7 Å². The summed E-state index contributed by atoms with van der Waals surface area (Å²) in [6, 6.07) is 7.14. The SMILES string of the molecule is CC(C)CC[C@H](O)[C@H](CC1CCCCC1)NC(=O)[C@H](Cc1c[nH]cn1)NC(=O)[C@H](Cc1ccccc1)OC(=O)N(C)N(C)C(=O)N1CCOCC1. The standard InChI is InChI=1S/C37H57N7O7/c1-26(2)15-16-32(45)30(21-27-11-7-5-8-12-27)40-34(46)31(23-29-24-38-25-39-29)41-35(47)33(22-28-13-9-6-10-14-28)51-37(49)43(4)42(3)36(48)44-17-19-50-20-18-44/h6,9-10,13-14,24-27,30-33,45H,5,7-8,11-12,15-23H2,1-4H3,(H,38,39)(H,40,46)(H,41,47)/t30-,31-,32-,33-/m0/s1. The van der Waals surface area contributed by atoms with Crippen LogP contribution in [-0.4, -0.2) is 119 Å². The number of ether oxygens (including phenoxy) is 2.